The van der Waals surface area contributed by atoms with Crippen molar-refractivity contribution in [2.75, 3.05) is 38.2 Å². The number of amides is 1. The molecule has 3 aromatic carbocycles. The zero-order valence-corrected chi connectivity index (χ0v) is 22.7. The van der Waals surface area contributed by atoms with Gasteiger partial charge in [0.15, 0.2) is 5.16 Å². The highest BCUT2D eigenvalue weighted by Gasteiger charge is 2.21. The summed E-state index contributed by atoms with van der Waals surface area (Å²) < 4.78 is 7.59. The summed E-state index contributed by atoms with van der Waals surface area (Å²) in [6, 6.07) is 22.3. The van der Waals surface area contributed by atoms with Gasteiger partial charge < -0.3 is 10.1 Å². The van der Waals surface area contributed by atoms with Gasteiger partial charge in [0.2, 0.25) is 5.91 Å². The monoisotopic (exact) mass is 534 g/mol. The van der Waals surface area contributed by atoms with Crippen LogP contribution in [0.4, 0.5) is 5.69 Å². The van der Waals surface area contributed by atoms with Gasteiger partial charge in [0.05, 0.1) is 40.2 Å². The molecule has 1 aromatic heterocycles. The number of carbonyl (C=O) groups is 1. The summed E-state index contributed by atoms with van der Waals surface area (Å²) in [5.74, 6) is -0.118. The number of fused-ring (bicyclic) bond motifs is 1. The number of hydrogen-bond acceptors (Lipinski definition) is 5. The van der Waals surface area contributed by atoms with E-state index in [1.54, 1.807) is 0 Å². The lowest BCUT2D eigenvalue weighted by molar-refractivity contribution is -0.115. The molecule has 2 heterocycles. The second-order valence-corrected chi connectivity index (χ2v) is 11.0. The highest BCUT2D eigenvalue weighted by molar-refractivity contribution is 8.00. The molecule has 6 nitrogen and oxygen atoms in total. The first-order chi connectivity index (χ1) is 18.0. The van der Waals surface area contributed by atoms with Crippen LogP contribution in [-0.2, 0) is 16.0 Å². The van der Waals surface area contributed by atoms with Gasteiger partial charge in [0, 0.05) is 25.3 Å². The van der Waals surface area contributed by atoms with E-state index in [1.165, 1.54) is 17.3 Å². The number of benzene rings is 3. The number of carbonyl (C=O) groups excluding carboxylic acids is 1. The molecule has 1 aliphatic rings. The second kappa shape index (κ2) is 11.7. The zero-order valence-electron chi connectivity index (χ0n) is 21.1. The minimum absolute atomic E-state index is 0.118. The fraction of sp³-hybridized carbons (Fsp3) is 0.310. The molecule has 1 saturated heterocycles. The molecule has 1 fully saturated rings. The maximum atomic E-state index is 13.0. The number of halogens is 1. The maximum absolute atomic E-state index is 13.0. The molecule has 0 saturated carbocycles. The van der Waals surface area contributed by atoms with Crippen LogP contribution in [0.5, 0.6) is 0 Å². The predicted molar refractivity (Wildman–Crippen MR) is 152 cm³/mol. The first-order valence-electron chi connectivity index (χ1n) is 12.6. The van der Waals surface area contributed by atoms with E-state index in [2.05, 4.69) is 45.1 Å². The van der Waals surface area contributed by atoms with Gasteiger partial charge in [-0.25, -0.2) is 4.98 Å². The van der Waals surface area contributed by atoms with E-state index in [0.29, 0.717) is 10.7 Å². The average Bonchev–Trinajstić information content (AvgIpc) is 3.27. The maximum Gasteiger partial charge on any atom is 0.237 e. The number of nitrogens with one attached hydrogen (secondary N) is 1. The highest BCUT2D eigenvalue weighted by Crippen LogP contribution is 2.32. The smallest absolute Gasteiger partial charge is 0.237 e. The number of aryl methyl sites for hydroxylation is 1. The highest BCUT2D eigenvalue weighted by atomic mass is 35.5. The van der Waals surface area contributed by atoms with Crippen molar-refractivity contribution < 1.29 is 9.53 Å². The van der Waals surface area contributed by atoms with Crippen LogP contribution in [0.3, 0.4) is 0 Å². The Hall–Kier alpha value is -2.84. The largest absolute Gasteiger partial charge is 0.379 e. The minimum Gasteiger partial charge on any atom is -0.379 e. The Morgan fingerprint density at radius 1 is 1.11 bits per heavy atom. The molecule has 0 radical (unpaired) electrons. The van der Waals surface area contributed by atoms with Crippen molar-refractivity contribution in [1.82, 2.24) is 14.5 Å². The van der Waals surface area contributed by atoms with Crippen molar-refractivity contribution in [3.63, 3.8) is 0 Å². The molecule has 0 spiro atoms. The molecule has 37 heavy (non-hydrogen) atoms. The van der Waals surface area contributed by atoms with E-state index < -0.39 is 0 Å². The number of rotatable bonds is 8. The van der Waals surface area contributed by atoms with Gasteiger partial charge >= 0.3 is 0 Å². The van der Waals surface area contributed by atoms with E-state index in [4.69, 9.17) is 21.3 Å². The van der Waals surface area contributed by atoms with Crippen molar-refractivity contribution in [3.8, 4) is 5.69 Å². The number of anilines is 1. The van der Waals surface area contributed by atoms with Gasteiger partial charge in [0.1, 0.15) is 0 Å². The van der Waals surface area contributed by atoms with Crippen LogP contribution < -0.4 is 5.32 Å². The third kappa shape index (κ3) is 6.18. The molecule has 1 atom stereocenters. The number of thioether (sulfide) groups is 1. The third-order valence-corrected chi connectivity index (χ3v) is 7.94. The van der Waals surface area contributed by atoms with E-state index in [9.17, 15) is 4.79 Å². The van der Waals surface area contributed by atoms with Crippen LogP contribution in [0.25, 0.3) is 16.7 Å². The molecule has 1 amide bonds. The van der Waals surface area contributed by atoms with Crippen LogP contribution in [-0.4, -0.2) is 58.5 Å². The molecule has 1 unspecified atom stereocenters. The Morgan fingerprint density at radius 3 is 2.62 bits per heavy atom. The van der Waals surface area contributed by atoms with E-state index >= 15 is 0 Å². The standard InChI is InChI=1S/C29H31ClN4O2S/c1-20-7-12-25(24(30)19-20)31-28(35)21(2)37-29-32-26-5-3-4-6-27(26)34(29)23-10-8-22(9-11-23)13-14-33-15-17-36-18-16-33/h3-12,19,21H,13-18H2,1-2H3,(H,31,35). The normalized spacial score (nSPS) is 15.1. The molecule has 0 aliphatic carbocycles. The SMILES string of the molecule is Cc1ccc(NC(=O)C(C)Sc2nc3ccccc3n2-c2ccc(CCN3CCOCC3)cc2)c(Cl)c1. The fourth-order valence-electron chi connectivity index (χ4n) is 4.42. The van der Waals surface area contributed by atoms with Crippen molar-refractivity contribution in [2.45, 2.75) is 30.7 Å². The number of nitrogens with zero attached hydrogens (tertiary/aromatic N) is 3. The second-order valence-electron chi connectivity index (χ2n) is 9.32. The number of hydrogen-bond donors (Lipinski definition) is 1. The van der Waals surface area contributed by atoms with Crippen LogP contribution in [0, 0.1) is 6.92 Å². The summed E-state index contributed by atoms with van der Waals surface area (Å²) in [4.78, 5) is 20.3. The lowest BCUT2D eigenvalue weighted by Gasteiger charge is -2.26. The van der Waals surface area contributed by atoms with Crippen LogP contribution >= 0.6 is 23.4 Å². The van der Waals surface area contributed by atoms with Gasteiger partial charge in [-0.15, -0.1) is 0 Å². The van der Waals surface area contributed by atoms with Crippen molar-refractivity contribution in [2.24, 2.45) is 0 Å². The number of para-hydroxylation sites is 2. The van der Waals surface area contributed by atoms with Crippen molar-refractivity contribution in [1.29, 1.82) is 0 Å². The Kier molecular flexibility index (Phi) is 8.15. The summed E-state index contributed by atoms with van der Waals surface area (Å²) in [7, 11) is 0. The van der Waals surface area contributed by atoms with Gasteiger partial charge in [-0.05, 0) is 67.8 Å². The molecule has 4 aromatic rings. The van der Waals surface area contributed by atoms with Gasteiger partial charge in [0.25, 0.3) is 0 Å². The predicted octanol–water partition coefficient (Wildman–Crippen LogP) is 5.98. The van der Waals surface area contributed by atoms with Gasteiger partial charge in [-0.3, -0.25) is 14.3 Å². The van der Waals surface area contributed by atoms with Crippen LogP contribution in [0.1, 0.15) is 18.1 Å². The van der Waals surface area contributed by atoms with Crippen LogP contribution in [0.15, 0.2) is 71.9 Å². The first-order valence-corrected chi connectivity index (χ1v) is 13.8. The Balaban J connectivity index is 1.34. The van der Waals surface area contributed by atoms with E-state index in [-0.39, 0.29) is 11.2 Å². The topological polar surface area (TPSA) is 59.4 Å². The Labute approximate surface area is 227 Å². The molecule has 8 heteroatoms. The minimum atomic E-state index is -0.374. The van der Waals surface area contributed by atoms with Crippen LogP contribution in [0.2, 0.25) is 5.02 Å². The lowest BCUT2D eigenvalue weighted by atomic mass is 10.1. The Morgan fingerprint density at radius 2 is 1.86 bits per heavy atom. The van der Waals surface area contributed by atoms with Crippen molar-refractivity contribution >= 4 is 46.0 Å². The fourth-order valence-corrected chi connectivity index (χ4v) is 5.65. The quantitative estimate of drug-likeness (QED) is 0.282. The molecule has 5 rings (SSSR count). The first kappa shape index (κ1) is 25.8. The van der Waals surface area contributed by atoms with Gasteiger partial charge in [-0.1, -0.05) is 53.7 Å². The summed E-state index contributed by atoms with van der Waals surface area (Å²) in [5, 5.41) is 3.90. The zero-order chi connectivity index (χ0) is 25.8. The average molecular weight is 535 g/mol. The molecule has 1 N–H and O–H groups in total. The summed E-state index contributed by atoms with van der Waals surface area (Å²) in [5.41, 5.74) is 5.91. The third-order valence-electron chi connectivity index (χ3n) is 6.58. The Bertz CT molecular complexity index is 1380. The molecule has 1 aliphatic heterocycles. The number of aromatic nitrogens is 2. The van der Waals surface area contributed by atoms with Crippen molar-refractivity contribution in [3.05, 3.63) is 82.9 Å². The molecular weight excluding hydrogens is 504 g/mol. The number of ether oxygens (including phenoxy) is 1. The molecule has 192 valence electrons. The number of imidazole rings is 1. The lowest BCUT2D eigenvalue weighted by Crippen LogP contribution is -2.37. The molecular formula is C29H31ClN4O2S. The summed E-state index contributed by atoms with van der Waals surface area (Å²) in [6.07, 6.45) is 1.01. The number of morpholine rings is 1. The molecule has 0 bridgehead atoms. The van der Waals surface area contributed by atoms with E-state index in [1.807, 2.05) is 50.2 Å². The summed E-state index contributed by atoms with van der Waals surface area (Å²) >= 11 is 7.77. The van der Waals surface area contributed by atoms with Gasteiger partial charge in [-0.2, -0.15) is 0 Å². The summed E-state index contributed by atoms with van der Waals surface area (Å²) in [6.45, 7) is 8.54. The van der Waals surface area contributed by atoms with E-state index in [0.717, 1.165) is 66.7 Å².